The summed E-state index contributed by atoms with van der Waals surface area (Å²) in [5.41, 5.74) is 9.78. The normalized spacial score (nSPS) is 21.9. The lowest BCUT2D eigenvalue weighted by Crippen LogP contribution is -2.29. The van der Waals surface area contributed by atoms with Gasteiger partial charge in [0, 0.05) is 37.3 Å². The van der Waals surface area contributed by atoms with Crippen LogP contribution in [0.5, 0.6) is 0 Å². The van der Waals surface area contributed by atoms with Gasteiger partial charge in [-0.3, -0.25) is 4.68 Å². The molecule has 1 aliphatic carbocycles. The van der Waals surface area contributed by atoms with E-state index in [0.29, 0.717) is 12.6 Å². The maximum atomic E-state index is 5.80. The molecular weight excluding hydrogens is 200 g/mol. The highest BCUT2D eigenvalue weighted by atomic mass is 15.3. The lowest BCUT2D eigenvalue weighted by Gasteiger charge is -2.30. The third kappa shape index (κ3) is 1.48. The molecule has 0 spiro atoms. The number of nitrogens with zero attached hydrogens (tertiary/aromatic N) is 3. The SMILES string of the molecule is CN1CCc2c(c(CN)nn2C2CCC2)C1. The fraction of sp³-hybridized carbons (Fsp3) is 0.750. The molecule has 1 aromatic heterocycles. The average Bonchev–Trinajstić information content (AvgIpc) is 2.54. The van der Waals surface area contributed by atoms with Gasteiger partial charge in [0.2, 0.25) is 0 Å². The Hall–Kier alpha value is -0.870. The summed E-state index contributed by atoms with van der Waals surface area (Å²) >= 11 is 0. The Balaban J connectivity index is 2.00. The van der Waals surface area contributed by atoms with Gasteiger partial charge in [-0.25, -0.2) is 0 Å². The molecule has 0 atom stereocenters. The summed E-state index contributed by atoms with van der Waals surface area (Å²) in [4.78, 5) is 2.36. The van der Waals surface area contributed by atoms with Crippen molar-refractivity contribution in [3.63, 3.8) is 0 Å². The molecule has 4 heteroatoms. The van der Waals surface area contributed by atoms with Crippen LogP contribution in [0.1, 0.15) is 42.3 Å². The zero-order chi connectivity index (χ0) is 11.1. The Morgan fingerprint density at radius 3 is 2.88 bits per heavy atom. The van der Waals surface area contributed by atoms with Gasteiger partial charge < -0.3 is 10.6 Å². The van der Waals surface area contributed by atoms with E-state index < -0.39 is 0 Å². The van der Waals surface area contributed by atoms with E-state index in [-0.39, 0.29) is 0 Å². The molecule has 88 valence electrons. The smallest absolute Gasteiger partial charge is 0.0808 e. The minimum absolute atomic E-state index is 0.579. The van der Waals surface area contributed by atoms with E-state index in [1.165, 1.54) is 30.5 Å². The molecule has 2 aliphatic rings. The molecular formula is C12H20N4. The molecule has 1 aromatic rings. The van der Waals surface area contributed by atoms with Crippen LogP contribution in [-0.4, -0.2) is 28.3 Å². The predicted molar refractivity (Wildman–Crippen MR) is 63.0 cm³/mol. The van der Waals surface area contributed by atoms with Gasteiger partial charge >= 0.3 is 0 Å². The summed E-state index contributed by atoms with van der Waals surface area (Å²) in [6, 6.07) is 0.664. The lowest BCUT2D eigenvalue weighted by molar-refractivity contribution is 0.264. The quantitative estimate of drug-likeness (QED) is 0.810. The second kappa shape index (κ2) is 3.86. The van der Waals surface area contributed by atoms with Crippen LogP contribution >= 0.6 is 0 Å². The fourth-order valence-corrected chi connectivity index (χ4v) is 2.75. The summed E-state index contributed by atoms with van der Waals surface area (Å²) in [5, 5.41) is 4.73. The third-order valence-corrected chi connectivity index (χ3v) is 3.97. The largest absolute Gasteiger partial charge is 0.325 e. The number of nitrogens with two attached hydrogens (primary N) is 1. The minimum atomic E-state index is 0.579. The summed E-state index contributed by atoms with van der Waals surface area (Å²) in [7, 11) is 2.17. The highest BCUT2D eigenvalue weighted by Crippen LogP contribution is 2.34. The van der Waals surface area contributed by atoms with E-state index in [1.807, 2.05) is 0 Å². The zero-order valence-electron chi connectivity index (χ0n) is 9.95. The van der Waals surface area contributed by atoms with E-state index >= 15 is 0 Å². The molecule has 0 bridgehead atoms. The summed E-state index contributed by atoms with van der Waals surface area (Å²) in [5.74, 6) is 0. The van der Waals surface area contributed by atoms with Crippen LogP contribution in [-0.2, 0) is 19.5 Å². The summed E-state index contributed by atoms with van der Waals surface area (Å²) in [6.07, 6.45) is 5.09. The van der Waals surface area contributed by atoms with Crippen LogP contribution in [0, 0.1) is 0 Å². The molecule has 0 amide bonds. The number of fused-ring (bicyclic) bond motifs is 1. The van der Waals surface area contributed by atoms with Crippen LogP contribution in [0.4, 0.5) is 0 Å². The number of aromatic nitrogens is 2. The molecule has 1 fully saturated rings. The van der Waals surface area contributed by atoms with Crippen molar-refractivity contribution in [2.45, 2.75) is 44.8 Å². The van der Waals surface area contributed by atoms with E-state index in [4.69, 9.17) is 10.8 Å². The second-order valence-electron chi connectivity index (χ2n) is 5.09. The predicted octanol–water partition coefficient (Wildman–Crippen LogP) is 1.05. The third-order valence-electron chi connectivity index (χ3n) is 3.97. The first-order chi connectivity index (χ1) is 7.79. The van der Waals surface area contributed by atoms with Gasteiger partial charge in [0.1, 0.15) is 0 Å². The van der Waals surface area contributed by atoms with Crippen molar-refractivity contribution in [2.75, 3.05) is 13.6 Å². The van der Waals surface area contributed by atoms with Crippen LogP contribution in [0.3, 0.4) is 0 Å². The molecule has 0 aromatic carbocycles. The van der Waals surface area contributed by atoms with Crippen LogP contribution in [0.2, 0.25) is 0 Å². The van der Waals surface area contributed by atoms with Crippen molar-refractivity contribution in [1.29, 1.82) is 0 Å². The van der Waals surface area contributed by atoms with Gasteiger partial charge in [0.15, 0.2) is 0 Å². The Labute approximate surface area is 96.4 Å². The highest BCUT2D eigenvalue weighted by Gasteiger charge is 2.28. The maximum Gasteiger partial charge on any atom is 0.0808 e. The van der Waals surface area contributed by atoms with Crippen molar-refractivity contribution < 1.29 is 0 Å². The zero-order valence-corrected chi connectivity index (χ0v) is 9.95. The molecule has 2 N–H and O–H groups in total. The van der Waals surface area contributed by atoms with E-state index in [0.717, 1.165) is 25.2 Å². The summed E-state index contributed by atoms with van der Waals surface area (Å²) < 4.78 is 2.29. The molecule has 3 rings (SSSR count). The Bertz CT molecular complexity index is 392. The van der Waals surface area contributed by atoms with E-state index in [1.54, 1.807) is 0 Å². The van der Waals surface area contributed by atoms with Gasteiger partial charge in [0.05, 0.1) is 11.7 Å². The molecule has 0 saturated heterocycles. The number of hydrogen-bond acceptors (Lipinski definition) is 3. The Morgan fingerprint density at radius 1 is 1.44 bits per heavy atom. The number of rotatable bonds is 2. The van der Waals surface area contributed by atoms with Gasteiger partial charge in [-0.2, -0.15) is 5.10 Å². The average molecular weight is 220 g/mol. The number of likely N-dealkylation sites (N-methyl/N-ethyl adjacent to an activating group) is 1. The van der Waals surface area contributed by atoms with Crippen LogP contribution < -0.4 is 5.73 Å². The molecule has 1 aliphatic heterocycles. The monoisotopic (exact) mass is 220 g/mol. The molecule has 1 saturated carbocycles. The topological polar surface area (TPSA) is 47.1 Å². The standard InChI is InChI=1S/C12H20N4/c1-15-6-5-12-10(8-15)11(7-13)14-16(12)9-3-2-4-9/h9H,2-8,13H2,1H3. The van der Waals surface area contributed by atoms with Crippen molar-refractivity contribution in [2.24, 2.45) is 5.73 Å². The molecule has 0 unspecified atom stereocenters. The molecule has 0 radical (unpaired) electrons. The lowest BCUT2D eigenvalue weighted by atomic mass is 9.92. The number of hydrogen-bond donors (Lipinski definition) is 1. The van der Waals surface area contributed by atoms with E-state index in [2.05, 4.69) is 16.6 Å². The molecule has 16 heavy (non-hydrogen) atoms. The van der Waals surface area contributed by atoms with Crippen LogP contribution in [0.15, 0.2) is 0 Å². The maximum absolute atomic E-state index is 5.80. The van der Waals surface area contributed by atoms with Gasteiger partial charge in [-0.05, 0) is 26.3 Å². The van der Waals surface area contributed by atoms with Gasteiger partial charge in [-0.15, -0.1) is 0 Å². The Morgan fingerprint density at radius 2 is 2.25 bits per heavy atom. The van der Waals surface area contributed by atoms with Crippen LogP contribution in [0.25, 0.3) is 0 Å². The first-order valence-electron chi connectivity index (χ1n) is 6.27. The van der Waals surface area contributed by atoms with Crippen molar-refractivity contribution in [3.8, 4) is 0 Å². The summed E-state index contributed by atoms with van der Waals surface area (Å²) in [6.45, 7) is 2.75. The molecule has 4 nitrogen and oxygen atoms in total. The molecule has 2 heterocycles. The minimum Gasteiger partial charge on any atom is -0.325 e. The second-order valence-corrected chi connectivity index (χ2v) is 5.09. The fourth-order valence-electron chi connectivity index (χ4n) is 2.75. The van der Waals surface area contributed by atoms with E-state index in [9.17, 15) is 0 Å². The Kier molecular flexibility index (Phi) is 2.48. The first-order valence-corrected chi connectivity index (χ1v) is 6.27. The van der Waals surface area contributed by atoms with Gasteiger partial charge in [0.25, 0.3) is 0 Å². The first kappa shape index (κ1) is 10.3. The highest BCUT2D eigenvalue weighted by molar-refractivity contribution is 5.29. The van der Waals surface area contributed by atoms with Crippen molar-refractivity contribution in [1.82, 2.24) is 14.7 Å². The van der Waals surface area contributed by atoms with Crippen molar-refractivity contribution in [3.05, 3.63) is 17.0 Å². The van der Waals surface area contributed by atoms with Crippen molar-refractivity contribution >= 4 is 0 Å². The van der Waals surface area contributed by atoms with Gasteiger partial charge in [-0.1, -0.05) is 0 Å².